The molecule has 0 bridgehead atoms. The van der Waals surface area contributed by atoms with Crippen molar-refractivity contribution in [2.45, 2.75) is 37.0 Å². The largest absolute Gasteiger partial charge is 0.314 e. The molecular weight excluding hydrogens is 200 g/mol. The molecule has 2 aliphatic heterocycles. The standard InChI is InChI=1S/C12H24N4/c1-12(8-13-4-5-15(12)2)11-7-14-9-6-10(9)16(11)3/h9-11,13-14H,4-8H2,1-3H3. The second-order valence-corrected chi connectivity index (χ2v) is 5.95. The quantitative estimate of drug-likeness (QED) is 0.618. The topological polar surface area (TPSA) is 30.5 Å². The summed E-state index contributed by atoms with van der Waals surface area (Å²) in [6, 6.07) is 2.21. The van der Waals surface area contributed by atoms with Gasteiger partial charge in [-0.3, -0.25) is 9.80 Å². The van der Waals surface area contributed by atoms with E-state index in [9.17, 15) is 0 Å². The number of hydrogen-bond acceptors (Lipinski definition) is 4. The third-order valence-corrected chi connectivity index (χ3v) is 5.04. The van der Waals surface area contributed by atoms with Crippen molar-refractivity contribution >= 4 is 0 Å². The summed E-state index contributed by atoms with van der Waals surface area (Å²) < 4.78 is 0. The Bertz CT molecular complexity index is 282. The van der Waals surface area contributed by atoms with Crippen LogP contribution < -0.4 is 10.6 Å². The van der Waals surface area contributed by atoms with E-state index in [0.29, 0.717) is 6.04 Å². The Morgan fingerprint density at radius 3 is 2.88 bits per heavy atom. The Kier molecular flexibility index (Phi) is 2.51. The van der Waals surface area contributed by atoms with Crippen molar-refractivity contribution in [2.75, 3.05) is 40.3 Å². The molecule has 4 unspecified atom stereocenters. The van der Waals surface area contributed by atoms with Crippen LogP contribution in [0, 0.1) is 0 Å². The molecule has 1 saturated carbocycles. The summed E-state index contributed by atoms with van der Waals surface area (Å²) in [5.41, 5.74) is 0.271. The Labute approximate surface area is 98.4 Å². The predicted octanol–water partition coefficient (Wildman–Crippen LogP) is -0.675. The molecule has 16 heavy (non-hydrogen) atoms. The molecule has 92 valence electrons. The molecule has 0 radical (unpaired) electrons. The van der Waals surface area contributed by atoms with Crippen molar-refractivity contribution in [3.63, 3.8) is 0 Å². The summed E-state index contributed by atoms with van der Waals surface area (Å²) in [7, 11) is 4.58. The second-order valence-electron chi connectivity index (χ2n) is 5.95. The molecule has 2 saturated heterocycles. The molecule has 0 aromatic rings. The van der Waals surface area contributed by atoms with Gasteiger partial charge in [-0.05, 0) is 27.4 Å². The lowest BCUT2D eigenvalue weighted by Gasteiger charge is -2.52. The zero-order valence-corrected chi connectivity index (χ0v) is 10.7. The van der Waals surface area contributed by atoms with Crippen LogP contribution in [0.5, 0.6) is 0 Å². The molecule has 0 amide bonds. The van der Waals surface area contributed by atoms with E-state index >= 15 is 0 Å². The molecule has 3 rings (SSSR count). The Balaban J connectivity index is 1.78. The first-order chi connectivity index (χ1) is 7.63. The molecule has 2 N–H and O–H groups in total. The summed E-state index contributed by atoms with van der Waals surface area (Å²) in [4.78, 5) is 5.15. The maximum absolute atomic E-state index is 3.68. The minimum Gasteiger partial charge on any atom is -0.314 e. The van der Waals surface area contributed by atoms with Crippen molar-refractivity contribution in [1.29, 1.82) is 0 Å². The van der Waals surface area contributed by atoms with Gasteiger partial charge in [-0.25, -0.2) is 0 Å². The third kappa shape index (κ3) is 1.51. The number of rotatable bonds is 1. The van der Waals surface area contributed by atoms with Crippen LogP contribution >= 0.6 is 0 Å². The van der Waals surface area contributed by atoms with Crippen molar-refractivity contribution in [3.8, 4) is 0 Å². The van der Waals surface area contributed by atoms with Gasteiger partial charge in [0.05, 0.1) is 0 Å². The van der Waals surface area contributed by atoms with Gasteiger partial charge in [0, 0.05) is 49.8 Å². The summed E-state index contributed by atoms with van der Waals surface area (Å²) in [5, 5.41) is 7.24. The summed E-state index contributed by atoms with van der Waals surface area (Å²) in [5.74, 6) is 0. The van der Waals surface area contributed by atoms with Crippen LogP contribution in [0.15, 0.2) is 0 Å². The van der Waals surface area contributed by atoms with Gasteiger partial charge in [-0.2, -0.15) is 0 Å². The Morgan fingerprint density at radius 2 is 2.12 bits per heavy atom. The van der Waals surface area contributed by atoms with E-state index in [4.69, 9.17) is 0 Å². The normalized spacial score (nSPS) is 50.1. The van der Waals surface area contributed by atoms with E-state index in [2.05, 4.69) is 41.5 Å². The second kappa shape index (κ2) is 3.67. The lowest BCUT2D eigenvalue weighted by atomic mass is 9.86. The van der Waals surface area contributed by atoms with Gasteiger partial charge in [0.15, 0.2) is 0 Å². The van der Waals surface area contributed by atoms with E-state index in [1.165, 1.54) is 6.42 Å². The van der Waals surface area contributed by atoms with Crippen LogP contribution in [0.2, 0.25) is 0 Å². The van der Waals surface area contributed by atoms with Crippen LogP contribution in [0.25, 0.3) is 0 Å². The fraction of sp³-hybridized carbons (Fsp3) is 1.00. The minimum atomic E-state index is 0.271. The molecule has 1 aliphatic carbocycles. The van der Waals surface area contributed by atoms with Crippen LogP contribution in [-0.2, 0) is 0 Å². The highest BCUT2D eigenvalue weighted by atomic mass is 15.4. The average Bonchev–Trinajstić information content (AvgIpc) is 3.03. The van der Waals surface area contributed by atoms with Gasteiger partial charge in [0.2, 0.25) is 0 Å². The van der Waals surface area contributed by atoms with Gasteiger partial charge in [-0.15, -0.1) is 0 Å². The summed E-state index contributed by atoms with van der Waals surface area (Å²) in [6.07, 6.45) is 1.35. The lowest BCUT2D eigenvalue weighted by Crippen LogP contribution is -2.71. The van der Waals surface area contributed by atoms with Gasteiger partial charge in [-0.1, -0.05) is 0 Å². The fourth-order valence-corrected chi connectivity index (χ4v) is 3.50. The Hall–Kier alpha value is -0.160. The maximum atomic E-state index is 3.68. The summed E-state index contributed by atoms with van der Waals surface area (Å²) >= 11 is 0. The van der Waals surface area contributed by atoms with Crippen molar-refractivity contribution in [3.05, 3.63) is 0 Å². The van der Waals surface area contributed by atoms with Crippen molar-refractivity contribution < 1.29 is 0 Å². The van der Waals surface area contributed by atoms with Crippen molar-refractivity contribution in [1.82, 2.24) is 20.4 Å². The van der Waals surface area contributed by atoms with E-state index < -0.39 is 0 Å². The molecule has 0 aromatic carbocycles. The zero-order chi connectivity index (χ0) is 11.3. The van der Waals surface area contributed by atoms with Gasteiger partial charge in [0.25, 0.3) is 0 Å². The Morgan fingerprint density at radius 1 is 1.31 bits per heavy atom. The van der Waals surface area contributed by atoms with Gasteiger partial charge >= 0.3 is 0 Å². The van der Waals surface area contributed by atoms with E-state index in [1.807, 2.05) is 0 Å². The number of hydrogen-bond donors (Lipinski definition) is 2. The molecular formula is C12H24N4. The van der Waals surface area contributed by atoms with Gasteiger partial charge in [0.1, 0.15) is 0 Å². The highest BCUT2D eigenvalue weighted by Gasteiger charge is 2.52. The van der Waals surface area contributed by atoms with Crippen LogP contribution in [0.4, 0.5) is 0 Å². The van der Waals surface area contributed by atoms with E-state index in [0.717, 1.165) is 38.3 Å². The highest BCUT2D eigenvalue weighted by molar-refractivity contribution is 5.12. The maximum Gasteiger partial charge on any atom is 0.0470 e. The third-order valence-electron chi connectivity index (χ3n) is 5.04. The lowest BCUT2D eigenvalue weighted by molar-refractivity contribution is 0.00331. The molecule has 2 heterocycles. The first kappa shape index (κ1) is 11.0. The number of nitrogens with zero attached hydrogens (tertiary/aromatic N) is 2. The number of nitrogens with one attached hydrogen (secondary N) is 2. The SMILES string of the molecule is CN1C2CC2NCC1C1(C)CNCCN1C. The zero-order valence-electron chi connectivity index (χ0n) is 10.7. The molecule has 3 fully saturated rings. The monoisotopic (exact) mass is 224 g/mol. The molecule has 3 aliphatic rings. The van der Waals surface area contributed by atoms with E-state index in [-0.39, 0.29) is 5.54 Å². The smallest absolute Gasteiger partial charge is 0.0470 e. The fourth-order valence-electron chi connectivity index (χ4n) is 3.50. The molecule has 0 aromatic heterocycles. The first-order valence-electron chi connectivity index (χ1n) is 6.50. The molecule has 4 nitrogen and oxygen atoms in total. The highest BCUT2D eigenvalue weighted by Crippen LogP contribution is 2.36. The van der Waals surface area contributed by atoms with Gasteiger partial charge < -0.3 is 10.6 Å². The summed E-state index contributed by atoms with van der Waals surface area (Å²) in [6.45, 7) is 6.94. The minimum absolute atomic E-state index is 0.271. The number of likely N-dealkylation sites (N-methyl/N-ethyl adjacent to an activating group) is 2. The van der Waals surface area contributed by atoms with Crippen LogP contribution in [0.1, 0.15) is 13.3 Å². The van der Waals surface area contributed by atoms with Crippen LogP contribution in [-0.4, -0.2) is 73.7 Å². The molecule has 4 atom stereocenters. The molecule has 0 spiro atoms. The number of fused-ring (bicyclic) bond motifs is 1. The number of piperazine rings is 2. The first-order valence-corrected chi connectivity index (χ1v) is 6.50. The van der Waals surface area contributed by atoms with Crippen molar-refractivity contribution in [2.24, 2.45) is 0 Å². The van der Waals surface area contributed by atoms with E-state index in [1.54, 1.807) is 0 Å². The average molecular weight is 224 g/mol. The molecule has 4 heteroatoms. The predicted molar refractivity (Wildman–Crippen MR) is 65.7 cm³/mol. The van der Waals surface area contributed by atoms with Crippen LogP contribution in [0.3, 0.4) is 0 Å².